The Hall–Kier alpha value is -1.98. The Morgan fingerprint density at radius 3 is 2.75 bits per heavy atom. The normalized spacial score (nSPS) is 19.8. The summed E-state index contributed by atoms with van der Waals surface area (Å²) in [5, 5.41) is 0. The zero-order valence-electron chi connectivity index (χ0n) is 8.06. The lowest BCUT2D eigenvalue weighted by molar-refractivity contribution is -0.122. The second kappa shape index (κ2) is 3.88. The molecular formula is C10H8F2N2O2. The summed E-state index contributed by atoms with van der Waals surface area (Å²) in [4.78, 5) is 14.7. The minimum absolute atomic E-state index is 0.167. The van der Waals surface area contributed by atoms with Crippen LogP contribution in [0.2, 0.25) is 0 Å². The molecule has 0 fully saturated rings. The van der Waals surface area contributed by atoms with Crippen molar-refractivity contribution >= 4 is 11.9 Å². The van der Waals surface area contributed by atoms with Crippen molar-refractivity contribution in [2.24, 2.45) is 10.7 Å². The van der Waals surface area contributed by atoms with E-state index in [9.17, 15) is 13.6 Å². The van der Waals surface area contributed by atoms with Crippen molar-refractivity contribution in [1.29, 1.82) is 0 Å². The van der Waals surface area contributed by atoms with Gasteiger partial charge < -0.3 is 10.5 Å². The summed E-state index contributed by atoms with van der Waals surface area (Å²) >= 11 is 0. The Balaban J connectivity index is 2.29. The molecule has 1 aromatic rings. The van der Waals surface area contributed by atoms with Gasteiger partial charge >= 0.3 is 0 Å². The van der Waals surface area contributed by atoms with E-state index in [1.54, 1.807) is 0 Å². The molecule has 0 radical (unpaired) electrons. The fourth-order valence-electron chi connectivity index (χ4n) is 1.43. The van der Waals surface area contributed by atoms with Gasteiger partial charge in [0.1, 0.15) is 0 Å². The van der Waals surface area contributed by atoms with Crippen LogP contribution in [0.5, 0.6) is 0 Å². The number of halogens is 2. The summed E-state index contributed by atoms with van der Waals surface area (Å²) in [7, 11) is 0. The number of hydrogen-bond acceptors (Lipinski definition) is 3. The van der Waals surface area contributed by atoms with Gasteiger partial charge in [-0.2, -0.15) is 4.99 Å². The lowest BCUT2D eigenvalue weighted by Crippen LogP contribution is -2.14. The molecule has 1 unspecified atom stereocenters. The largest absolute Gasteiger partial charge is 0.447 e. The van der Waals surface area contributed by atoms with Gasteiger partial charge in [-0.05, 0) is 6.07 Å². The van der Waals surface area contributed by atoms with Gasteiger partial charge in [0.25, 0.3) is 18.4 Å². The van der Waals surface area contributed by atoms with Crippen molar-refractivity contribution in [1.82, 2.24) is 0 Å². The predicted molar refractivity (Wildman–Crippen MR) is 51.9 cm³/mol. The summed E-state index contributed by atoms with van der Waals surface area (Å²) in [6.07, 6.45) is -3.59. The Morgan fingerprint density at radius 1 is 1.44 bits per heavy atom. The molecular weight excluding hydrogens is 218 g/mol. The molecule has 2 N–H and O–H groups in total. The summed E-state index contributed by atoms with van der Waals surface area (Å²) in [5.74, 6) is -0.580. The molecule has 84 valence electrons. The quantitative estimate of drug-likeness (QED) is 0.831. The van der Waals surface area contributed by atoms with Gasteiger partial charge in [0.05, 0.1) is 0 Å². The molecule has 1 aromatic carbocycles. The first-order valence-corrected chi connectivity index (χ1v) is 4.50. The highest BCUT2D eigenvalue weighted by Crippen LogP contribution is 2.27. The second-order valence-electron chi connectivity index (χ2n) is 3.26. The van der Waals surface area contributed by atoms with Crippen molar-refractivity contribution in [2.75, 3.05) is 0 Å². The Kier molecular flexibility index (Phi) is 2.55. The number of carbonyl (C=O) groups is 1. The molecule has 6 heteroatoms. The predicted octanol–water partition coefficient (Wildman–Crippen LogP) is 1.54. The zero-order valence-corrected chi connectivity index (χ0v) is 8.06. The maximum atomic E-state index is 12.4. The van der Waals surface area contributed by atoms with Crippen LogP contribution in [0, 0.1) is 0 Å². The van der Waals surface area contributed by atoms with Crippen molar-refractivity contribution in [3.8, 4) is 0 Å². The van der Waals surface area contributed by atoms with Crippen LogP contribution in [0.15, 0.2) is 29.3 Å². The van der Waals surface area contributed by atoms with Gasteiger partial charge in [0.2, 0.25) is 6.10 Å². The maximum absolute atomic E-state index is 12.4. The molecule has 2 rings (SSSR count). The number of alkyl halides is 2. The Morgan fingerprint density at radius 2 is 2.19 bits per heavy atom. The third-order valence-electron chi connectivity index (χ3n) is 2.15. The van der Waals surface area contributed by atoms with Crippen molar-refractivity contribution in [3.63, 3.8) is 0 Å². The maximum Gasteiger partial charge on any atom is 0.296 e. The second-order valence-corrected chi connectivity index (χ2v) is 3.26. The number of aliphatic imine (C=N–C) groups is 1. The highest BCUT2D eigenvalue weighted by Gasteiger charge is 2.29. The summed E-state index contributed by atoms with van der Waals surface area (Å²) in [5.41, 5.74) is 5.37. The van der Waals surface area contributed by atoms with E-state index in [4.69, 9.17) is 10.5 Å². The molecule has 4 nitrogen and oxygen atoms in total. The smallest absolute Gasteiger partial charge is 0.296 e. The van der Waals surface area contributed by atoms with Crippen molar-refractivity contribution in [3.05, 3.63) is 35.4 Å². The number of amidine groups is 1. The molecule has 0 saturated heterocycles. The SMILES string of the molecule is NC1=NC(=O)C(c2cccc(C(F)F)c2)O1. The fourth-order valence-corrected chi connectivity index (χ4v) is 1.43. The van der Waals surface area contributed by atoms with E-state index in [2.05, 4.69) is 4.99 Å². The molecule has 1 heterocycles. The first-order valence-electron chi connectivity index (χ1n) is 4.50. The molecule has 1 amide bonds. The van der Waals surface area contributed by atoms with Crippen LogP contribution in [0.1, 0.15) is 23.7 Å². The lowest BCUT2D eigenvalue weighted by atomic mass is 10.1. The molecule has 0 aromatic heterocycles. The number of amides is 1. The van der Waals surface area contributed by atoms with Gasteiger partial charge in [-0.15, -0.1) is 0 Å². The average Bonchev–Trinajstić information content (AvgIpc) is 2.58. The summed E-state index contributed by atoms with van der Waals surface area (Å²) in [6, 6.07) is 5.20. The molecule has 1 aliphatic heterocycles. The first-order chi connectivity index (χ1) is 7.58. The third-order valence-corrected chi connectivity index (χ3v) is 2.15. The summed E-state index contributed by atoms with van der Waals surface area (Å²) < 4.78 is 29.8. The van der Waals surface area contributed by atoms with Gasteiger partial charge in [-0.25, -0.2) is 8.78 Å². The zero-order chi connectivity index (χ0) is 11.7. The van der Waals surface area contributed by atoms with Crippen LogP contribution < -0.4 is 5.73 Å². The highest BCUT2D eigenvalue weighted by molar-refractivity contribution is 5.98. The molecule has 0 saturated carbocycles. The van der Waals surface area contributed by atoms with E-state index < -0.39 is 18.4 Å². The first kappa shape index (κ1) is 10.5. The van der Waals surface area contributed by atoms with Gasteiger partial charge in [-0.3, -0.25) is 4.79 Å². The van der Waals surface area contributed by atoms with Crippen molar-refractivity contribution in [2.45, 2.75) is 12.5 Å². The number of nitrogens with two attached hydrogens (primary N) is 1. The molecule has 1 aliphatic rings. The molecule has 16 heavy (non-hydrogen) atoms. The van der Waals surface area contributed by atoms with Gasteiger partial charge in [0.15, 0.2) is 0 Å². The molecule has 0 bridgehead atoms. The Labute approximate surface area is 89.7 Å². The number of benzene rings is 1. The van der Waals surface area contributed by atoms with Crippen LogP contribution >= 0.6 is 0 Å². The van der Waals surface area contributed by atoms with E-state index in [1.807, 2.05) is 0 Å². The van der Waals surface area contributed by atoms with E-state index in [0.29, 0.717) is 5.56 Å². The average molecular weight is 226 g/mol. The number of carbonyl (C=O) groups excluding carboxylic acids is 1. The lowest BCUT2D eigenvalue weighted by Gasteiger charge is -2.09. The monoisotopic (exact) mass is 226 g/mol. The summed E-state index contributed by atoms with van der Waals surface area (Å²) in [6.45, 7) is 0. The van der Waals surface area contributed by atoms with Crippen LogP contribution in [0.3, 0.4) is 0 Å². The molecule has 1 atom stereocenters. The van der Waals surface area contributed by atoms with Crippen LogP contribution in [-0.4, -0.2) is 11.9 Å². The van der Waals surface area contributed by atoms with E-state index >= 15 is 0 Å². The van der Waals surface area contributed by atoms with Crippen molar-refractivity contribution < 1.29 is 18.3 Å². The number of rotatable bonds is 2. The number of nitrogens with zero attached hydrogens (tertiary/aromatic N) is 1. The third kappa shape index (κ3) is 1.86. The minimum Gasteiger partial charge on any atom is -0.447 e. The van der Waals surface area contributed by atoms with E-state index in [-0.39, 0.29) is 11.6 Å². The minimum atomic E-state index is -2.59. The van der Waals surface area contributed by atoms with E-state index in [0.717, 1.165) is 0 Å². The van der Waals surface area contributed by atoms with Gasteiger partial charge in [-0.1, -0.05) is 18.2 Å². The number of hydrogen-bond donors (Lipinski definition) is 1. The molecule has 0 spiro atoms. The van der Waals surface area contributed by atoms with Crippen LogP contribution in [-0.2, 0) is 9.53 Å². The van der Waals surface area contributed by atoms with Crippen LogP contribution in [0.25, 0.3) is 0 Å². The topological polar surface area (TPSA) is 64.7 Å². The standard InChI is InChI=1S/C10H8F2N2O2/c11-8(12)6-3-1-2-5(4-6)7-9(15)14-10(13)16-7/h1-4,7-8H,(H2,13,14,15). The Bertz CT molecular complexity index is 460. The van der Waals surface area contributed by atoms with Gasteiger partial charge in [0, 0.05) is 11.1 Å². The van der Waals surface area contributed by atoms with E-state index in [1.165, 1.54) is 24.3 Å². The number of ether oxygens (including phenoxy) is 1. The highest BCUT2D eigenvalue weighted by atomic mass is 19.3. The van der Waals surface area contributed by atoms with Crippen LogP contribution in [0.4, 0.5) is 8.78 Å². The fraction of sp³-hybridized carbons (Fsp3) is 0.200. The molecule has 0 aliphatic carbocycles.